The maximum absolute atomic E-state index is 11.8. The van der Waals surface area contributed by atoms with Crippen LogP contribution in [0.4, 0.5) is 4.79 Å². The zero-order valence-electron chi connectivity index (χ0n) is 14.7. The minimum atomic E-state index is -0.763. The van der Waals surface area contributed by atoms with Gasteiger partial charge in [0.05, 0.1) is 12.8 Å². The quantitative estimate of drug-likeness (QED) is 0.784. The van der Waals surface area contributed by atoms with Crippen LogP contribution in [0.2, 0.25) is 0 Å². The molecule has 0 unspecified atom stereocenters. The number of carbonyl (C=O) groups excluding carboxylic acids is 2. The van der Waals surface area contributed by atoms with E-state index in [4.69, 9.17) is 9.47 Å². The zero-order chi connectivity index (χ0) is 17.6. The third-order valence-electron chi connectivity index (χ3n) is 3.12. The first kappa shape index (κ1) is 19.0. The predicted molar refractivity (Wildman–Crippen MR) is 86.2 cm³/mol. The molecular weight excluding hydrogens is 298 g/mol. The van der Waals surface area contributed by atoms with Crippen LogP contribution in [0.15, 0.2) is 6.07 Å². The number of nitrogens with zero attached hydrogens (tertiary/aromatic N) is 1. The highest BCUT2D eigenvalue weighted by atomic mass is 16.6. The van der Waals surface area contributed by atoms with Gasteiger partial charge in [-0.05, 0) is 45.6 Å². The molecule has 0 aliphatic heterocycles. The van der Waals surface area contributed by atoms with E-state index in [0.717, 1.165) is 11.4 Å². The molecule has 0 fully saturated rings. The van der Waals surface area contributed by atoms with E-state index in [9.17, 15) is 9.59 Å². The lowest BCUT2D eigenvalue weighted by Crippen LogP contribution is -2.44. The Morgan fingerprint density at radius 3 is 2.48 bits per heavy atom. The van der Waals surface area contributed by atoms with Crippen LogP contribution in [0.5, 0.6) is 0 Å². The van der Waals surface area contributed by atoms with E-state index in [0.29, 0.717) is 18.8 Å². The molecule has 0 bridgehead atoms. The van der Waals surface area contributed by atoms with Crippen molar-refractivity contribution in [3.8, 4) is 0 Å². The number of H-pyrrole nitrogens is 1. The van der Waals surface area contributed by atoms with E-state index in [1.54, 1.807) is 20.8 Å². The molecule has 1 rings (SSSR count). The van der Waals surface area contributed by atoms with E-state index in [1.165, 1.54) is 7.11 Å². The number of aromatic nitrogens is 2. The smallest absolute Gasteiger partial charge is 0.408 e. The van der Waals surface area contributed by atoms with Crippen molar-refractivity contribution in [2.75, 3.05) is 7.11 Å². The lowest BCUT2D eigenvalue weighted by atomic mass is 10.1. The molecule has 0 aliphatic rings. The largest absolute Gasteiger partial charge is 0.467 e. The van der Waals surface area contributed by atoms with Crippen LogP contribution in [-0.2, 0) is 20.7 Å². The second-order valence-electron chi connectivity index (χ2n) is 6.73. The average Bonchev–Trinajstić information content (AvgIpc) is 2.89. The van der Waals surface area contributed by atoms with E-state index in [2.05, 4.69) is 29.4 Å². The number of carbonyl (C=O) groups is 2. The third-order valence-corrected chi connectivity index (χ3v) is 3.12. The molecule has 1 amide bonds. The van der Waals surface area contributed by atoms with Gasteiger partial charge in [0.25, 0.3) is 0 Å². The zero-order valence-corrected chi connectivity index (χ0v) is 14.7. The first-order chi connectivity index (χ1) is 10.6. The van der Waals surface area contributed by atoms with Crippen molar-refractivity contribution in [3.05, 3.63) is 17.5 Å². The molecule has 1 aromatic heterocycles. The van der Waals surface area contributed by atoms with Gasteiger partial charge in [0, 0.05) is 5.69 Å². The van der Waals surface area contributed by atoms with Crippen molar-refractivity contribution in [2.24, 2.45) is 0 Å². The molecule has 0 aromatic carbocycles. The average molecular weight is 325 g/mol. The van der Waals surface area contributed by atoms with Gasteiger partial charge in [-0.15, -0.1) is 0 Å². The van der Waals surface area contributed by atoms with E-state index < -0.39 is 23.7 Å². The fraction of sp³-hybridized carbons (Fsp3) is 0.688. The minimum absolute atomic E-state index is 0.330. The number of methoxy groups -OCH3 is 1. The molecule has 1 atom stereocenters. The molecule has 0 saturated heterocycles. The first-order valence-electron chi connectivity index (χ1n) is 7.74. The summed E-state index contributed by atoms with van der Waals surface area (Å²) < 4.78 is 9.91. The lowest BCUT2D eigenvalue weighted by Gasteiger charge is -2.22. The third kappa shape index (κ3) is 6.71. The van der Waals surface area contributed by atoms with Crippen molar-refractivity contribution >= 4 is 12.1 Å². The van der Waals surface area contributed by atoms with Crippen LogP contribution < -0.4 is 5.32 Å². The summed E-state index contributed by atoms with van der Waals surface area (Å²) in [5.41, 5.74) is 1.25. The molecule has 130 valence electrons. The van der Waals surface area contributed by atoms with Crippen LogP contribution in [-0.4, -0.2) is 41.0 Å². The fourth-order valence-corrected chi connectivity index (χ4v) is 1.94. The molecule has 1 heterocycles. The lowest BCUT2D eigenvalue weighted by molar-refractivity contribution is -0.143. The first-order valence-corrected chi connectivity index (χ1v) is 7.74. The summed E-state index contributed by atoms with van der Waals surface area (Å²) in [6.45, 7) is 9.40. The van der Waals surface area contributed by atoms with E-state index in [-0.39, 0.29) is 0 Å². The van der Waals surface area contributed by atoms with Gasteiger partial charge >= 0.3 is 12.1 Å². The Bertz CT molecular complexity index is 532. The molecular formula is C16H27N3O4. The van der Waals surface area contributed by atoms with Crippen LogP contribution in [0.25, 0.3) is 0 Å². The van der Waals surface area contributed by atoms with Crippen LogP contribution in [0.1, 0.15) is 58.3 Å². The Hall–Kier alpha value is -2.05. The Balaban J connectivity index is 2.64. The van der Waals surface area contributed by atoms with Crippen molar-refractivity contribution in [3.63, 3.8) is 0 Å². The van der Waals surface area contributed by atoms with E-state index >= 15 is 0 Å². The normalized spacial score (nSPS) is 12.8. The van der Waals surface area contributed by atoms with Crippen LogP contribution in [0, 0.1) is 0 Å². The van der Waals surface area contributed by atoms with Crippen LogP contribution in [0.3, 0.4) is 0 Å². The van der Waals surface area contributed by atoms with Gasteiger partial charge in [0.15, 0.2) is 0 Å². The summed E-state index contributed by atoms with van der Waals surface area (Å²) in [4.78, 5) is 23.7. The summed E-state index contributed by atoms with van der Waals surface area (Å²) in [7, 11) is 1.29. The molecule has 1 aromatic rings. The summed E-state index contributed by atoms with van der Waals surface area (Å²) in [5, 5.41) is 9.71. The van der Waals surface area contributed by atoms with Crippen molar-refractivity contribution in [2.45, 2.75) is 65.0 Å². The second kappa shape index (κ2) is 7.99. The fourth-order valence-electron chi connectivity index (χ4n) is 1.94. The minimum Gasteiger partial charge on any atom is -0.467 e. The van der Waals surface area contributed by atoms with Gasteiger partial charge in [0.1, 0.15) is 11.6 Å². The number of esters is 1. The molecule has 0 aliphatic carbocycles. The topological polar surface area (TPSA) is 93.3 Å². The molecule has 0 spiro atoms. The molecule has 23 heavy (non-hydrogen) atoms. The number of ether oxygens (including phenoxy) is 2. The van der Waals surface area contributed by atoms with Gasteiger partial charge in [-0.3, -0.25) is 5.10 Å². The highest BCUT2D eigenvalue weighted by Crippen LogP contribution is 2.14. The SMILES string of the molecule is COC(=O)[C@H](CCc1cc(C(C)C)n[nH]1)NC(=O)OC(C)(C)C. The number of hydrogen-bond acceptors (Lipinski definition) is 5. The Morgan fingerprint density at radius 1 is 1.35 bits per heavy atom. The Labute approximate surface area is 137 Å². The maximum atomic E-state index is 11.8. The van der Waals surface area contributed by atoms with Crippen molar-refractivity contribution < 1.29 is 19.1 Å². The molecule has 0 saturated carbocycles. The predicted octanol–water partition coefficient (Wildman–Crippen LogP) is 2.53. The number of nitrogens with one attached hydrogen (secondary N) is 2. The van der Waals surface area contributed by atoms with Gasteiger partial charge in [-0.2, -0.15) is 5.10 Å². The van der Waals surface area contributed by atoms with Crippen molar-refractivity contribution in [1.82, 2.24) is 15.5 Å². The summed E-state index contributed by atoms with van der Waals surface area (Å²) >= 11 is 0. The Kier molecular flexibility index (Phi) is 6.60. The number of rotatable bonds is 6. The second-order valence-corrected chi connectivity index (χ2v) is 6.73. The van der Waals surface area contributed by atoms with Gasteiger partial charge in [-0.1, -0.05) is 13.8 Å². The number of aromatic amines is 1. The summed E-state index contributed by atoms with van der Waals surface area (Å²) in [5.74, 6) is -0.171. The summed E-state index contributed by atoms with van der Waals surface area (Å²) in [6, 6.07) is 1.20. The van der Waals surface area contributed by atoms with Crippen molar-refractivity contribution in [1.29, 1.82) is 0 Å². The monoisotopic (exact) mass is 325 g/mol. The number of alkyl carbamates (subject to hydrolysis) is 1. The van der Waals surface area contributed by atoms with Crippen LogP contribution >= 0.6 is 0 Å². The van der Waals surface area contributed by atoms with Gasteiger partial charge in [0.2, 0.25) is 0 Å². The molecule has 7 nitrogen and oxygen atoms in total. The molecule has 0 radical (unpaired) electrons. The standard InChI is InChI=1S/C16H27N3O4/c1-10(2)13-9-11(18-19-13)7-8-12(14(20)22-6)17-15(21)23-16(3,4)5/h9-10,12H,7-8H2,1-6H3,(H,17,21)(H,18,19)/t12-/m0/s1. The highest BCUT2D eigenvalue weighted by molar-refractivity contribution is 5.81. The maximum Gasteiger partial charge on any atom is 0.408 e. The summed E-state index contributed by atoms with van der Waals surface area (Å²) in [6.07, 6.45) is 0.321. The number of aryl methyl sites for hydroxylation is 1. The van der Waals surface area contributed by atoms with E-state index in [1.807, 2.05) is 6.07 Å². The Morgan fingerprint density at radius 2 is 2.00 bits per heavy atom. The highest BCUT2D eigenvalue weighted by Gasteiger charge is 2.25. The number of amides is 1. The van der Waals surface area contributed by atoms with Gasteiger partial charge in [-0.25, -0.2) is 9.59 Å². The molecule has 7 heteroatoms. The molecule has 2 N–H and O–H groups in total. The number of hydrogen-bond donors (Lipinski definition) is 2. The van der Waals surface area contributed by atoms with Gasteiger partial charge < -0.3 is 14.8 Å².